The predicted octanol–water partition coefficient (Wildman–Crippen LogP) is 0.562. The van der Waals surface area contributed by atoms with E-state index in [4.69, 9.17) is 4.74 Å². The van der Waals surface area contributed by atoms with E-state index < -0.39 is 5.54 Å². The summed E-state index contributed by atoms with van der Waals surface area (Å²) >= 11 is 0. The van der Waals surface area contributed by atoms with Crippen molar-refractivity contribution < 1.29 is 14.3 Å². The Morgan fingerprint density at radius 1 is 1.46 bits per heavy atom. The molecule has 0 bridgehead atoms. The number of carbonyl (C=O) groups is 1. The minimum Gasteiger partial charge on any atom is -0.468 e. The number of hydrogen-bond acceptors (Lipinski definition) is 4. The highest BCUT2D eigenvalue weighted by atomic mass is 16.5. The lowest BCUT2D eigenvalue weighted by molar-refractivity contribution is -0.150. The van der Waals surface area contributed by atoms with Crippen molar-refractivity contribution in [2.45, 2.75) is 32.4 Å². The predicted molar refractivity (Wildman–Crippen MR) is 50.6 cm³/mol. The van der Waals surface area contributed by atoms with Crippen molar-refractivity contribution in [2.75, 3.05) is 20.8 Å². The van der Waals surface area contributed by atoms with Gasteiger partial charge in [0.1, 0.15) is 5.54 Å². The molecule has 0 radical (unpaired) electrons. The second-order valence-electron chi connectivity index (χ2n) is 3.56. The number of carbonyl (C=O) groups excluding carboxylic acids is 1. The third-order valence-corrected chi connectivity index (χ3v) is 1.68. The van der Waals surface area contributed by atoms with Gasteiger partial charge in [0.15, 0.2) is 0 Å². The Morgan fingerprint density at radius 2 is 2.00 bits per heavy atom. The maximum atomic E-state index is 11.4. The third-order valence-electron chi connectivity index (χ3n) is 1.68. The van der Waals surface area contributed by atoms with Crippen molar-refractivity contribution in [3.05, 3.63) is 0 Å². The highest BCUT2D eigenvalue weighted by molar-refractivity contribution is 5.80. The molecule has 4 heteroatoms. The monoisotopic (exact) mass is 189 g/mol. The third kappa shape index (κ3) is 3.74. The van der Waals surface area contributed by atoms with Gasteiger partial charge in [-0.15, -0.1) is 0 Å². The summed E-state index contributed by atoms with van der Waals surface area (Å²) in [5, 5.41) is 3.11. The minimum atomic E-state index is -0.752. The molecule has 1 N–H and O–H groups in total. The van der Waals surface area contributed by atoms with Crippen molar-refractivity contribution in [3.8, 4) is 0 Å². The Kier molecular flexibility index (Phi) is 4.95. The molecule has 0 aromatic heterocycles. The lowest BCUT2D eigenvalue weighted by atomic mass is 10.0. The lowest BCUT2D eigenvalue weighted by Crippen LogP contribution is -2.56. The van der Waals surface area contributed by atoms with Crippen LogP contribution in [0.25, 0.3) is 0 Å². The molecule has 0 heterocycles. The molecule has 0 aromatic carbocycles. The fraction of sp³-hybridized carbons (Fsp3) is 0.889. The van der Waals surface area contributed by atoms with Crippen LogP contribution < -0.4 is 5.32 Å². The summed E-state index contributed by atoms with van der Waals surface area (Å²) in [7, 11) is 2.93. The van der Waals surface area contributed by atoms with Crippen molar-refractivity contribution >= 4 is 5.97 Å². The zero-order valence-corrected chi connectivity index (χ0v) is 9.01. The summed E-state index contributed by atoms with van der Waals surface area (Å²) < 4.78 is 9.65. The number of esters is 1. The van der Waals surface area contributed by atoms with Crippen molar-refractivity contribution in [2.24, 2.45) is 0 Å². The number of nitrogens with one attached hydrogen (secondary N) is 1. The Bertz CT molecular complexity index is 170. The molecule has 0 spiro atoms. The molecule has 1 unspecified atom stereocenters. The summed E-state index contributed by atoms with van der Waals surface area (Å²) in [4.78, 5) is 11.4. The van der Waals surface area contributed by atoms with Crippen LogP contribution in [0.15, 0.2) is 0 Å². The van der Waals surface area contributed by atoms with Crippen molar-refractivity contribution in [3.63, 3.8) is 0 Å². The van der Waals surface area contributed by atoms with Gasteiger partial charge in [0, 0.05) is 13.2 Å². The molecular formula is C9H19NO3. The zero-order valence-electron chi connectivity index (χ0n) is 9.01. The van der Waals surface area contributed by atoms with E-state index in [1.807, 2.05) is 13.8 Å². The molecule has 0 aliphatic heterocycles. The molecule has 0 aromatic rings. The van der Waals surface area contributed by atoms with Gasteiger partial charge in [-0.05, 0) is 20.8 Å². The molecule has 0 rings (SSSR count). The molecule has 1 atom stereocenters. The maximum Gasteiger partial charge on any atom is 0.328 e. The molecular weight excluding hydrogens is 170 g/mol. The van der Waals surface area contributed by atoms with E-state index in [2.05, 4.69) is 10.1 Å². The second kappa shape index (κ2) is 5.19. The van der Waals surface area contributed by atoms with E-state index in [0.29, 0.717) is 6.61 Å². The Labute approximate surface area is 79.6 Å². The minimum absolute atomic E-state index is 0.208. The first-order valence-electron chi connectivity index (χ1n) is 4.31. The van der Waals surface area contributed by atoms with E-state index >= 15 is 0 Å². The Hall–Kier alpha value is -0.610. The average molecular weight is 189 g/mol. The second-order valence-corrected chi connectivity index (χ2v) is 3.56. The highest BCUT2D eigenvalue weighted by Gasteiger charge is 2.34. The summed E-state index contributed by atoms with van der Waals surface area (Å²) in [5.41, 5.74) is -0.752. The molecule has 0 fully saturated rings. The van der Waals surface area contributed by atoms with Crippen LogP contribution in [-0.2, 0) is 14.3 Å². The molecule has 0 amide bonds. The number of ether oxygens (including phenoxy) is 2. The largest absolute Gasteiger partial charge is 0.468 e. The van der Waals surface area contributed by atoms with Gasteiger partial charge in [0.05, 0.1) is 13.7 Å². The van der Waals surface area contributed by atoms with E-state index in [9.17, 15) is 4.79 Å². The molecule has 13 heavy (non-hydrogen) atoms. The number of methoxy groups -OCH3 is 2. The van der Waals surface area contributed by atoms with Gasteiger partial charge >= 0.3 is 5.97 Å². The van der Waals surface area contributed by atoms with Gasteiger partial charge in [0.2, 0.25) is 0 Å². The van der Waals surface area contributed by atoms with Crippen LogP contribution in [0.1, 0.15) is 20.8 Å². The first-order valence-corrected chi connectivity index (χ1v) is 4.31. The van der Waals surface area contributed by atoms with Crippen LogP contribution in [0.5, 0.6) is 0 Å². The molecule has 0 aliphatic rings. The summed E-state index contributed by atoms with van der Waals surface area (Å²) in [5.74, 6) is -0.303. The summed E-state index contributed by atoms with van der Waals surface area (Å²) in [6.07, 6.45) is 0. The summed E-state index contributed by atoms with van der Waals surface area (Å²) in [6.45, 7) is 6.01. The van der Waals surface area contributed by atoms with Crippen LogP contribution in [0.3, 0.4) is 0 Å². The van der Waals surface area contributed by atoms with Crippen LogP contribution >= 0.6 is 0 Å². The van der Waals surface area contributed by atoms with Crippen molar-refractivity contribution in [1.82, 2.24) is 5.32 Å². The summed E-state index contributed by atoms with van der Waals surface area (Å²) in [6, 6.07) is 0.208. The molecule has 78 valence electrons. The highest BCUT2D eigenvalue weighted by Crippen LogP contribution is 2.08. The standard InChI is InChI=1S/C9H19NO3/c1-7(2)10-9(3,6-12-4)8(11)13-5/h7,10H,6H2,1-5H3. The van der Waals surface area contributed by atoms with Gasteiger partial charge in [0.25, 0.3) is 0 Å². The van der Waals surface area contributed by atoms with Crippen LogP contribution in [0, 0.1) is 0 Å². The van der Waals surface area contributed by atoms with Gasteiger partial charge < -0.3 is 9.47 Å². The first-order chi connectivity index (χ1) is 5.96. The molecule has 0 saturated carbocycles. The Morgan fingerprint density at radius 3 is 2.31 bits per heavy atom. The van der Waals surface area contributed by atoms with Crippen LogP contribution in [0.4, 0.5) is 0 Å². The van der Waals surface area contributed by atoms with E-state index in [0.717, 1.165) is 0 Å². The Balaban J connectivity index is 4.41. The fourth-order valence-electron chi connectivity index (χ4n) is 1.31. The normalized spacial score (nSPS) is 15.5. The fourth-order valence-corrected chi connectivity index (χ4v) is 1.31. The molecule has 0 aliphatic carbocycles. The van der Waals surface area contributed by atoms with Gasteiger partial charge in [-0.1, -0.05) is 0 Å². The topological polar surface area (TPSA) is 47.6 Å². The van der Waals surface area contributed by atoms with Crippen molar-refractivity contribution in [1.29, 1.82) is 0 Å². The van der Waals surface area contributed by atoms with Gasteiger partial charge in [-0.25, -0.2) is 4.79 Å². The van der Waals surface area contributed by atoms with Gasteiger partial charge in [-0.2, -0.15) is 0 Å². The van der Waals surface area contributed by atoms with Crippen LogP contribution in [-0.4, -0.2) is 38.4 Å². The smallest absolute Gasteiger partial charge is 0.328 e. The van der Waals surface area contributed by atoms with E-state index in [-0.39, 0.29) is 12.0 Å². The van der Waals surface area contributed by atoms with E-state index in [1.54, 1.807) is 14.0 Å². The maximum absolute atomic E-state index is 11.4. The molecule has 4 nitrogen and oxygen atoms in total. The van der Waals surface area contributed by atoms with Gasteiger partial charge in [-0.3, -0.25) is 5.32 Å². The average Bonchev–Trinajstić information content (AvgIpc) is 2.02. The van der Waals surface area contributed by atoms with Crippen LogP contribution in [0.2, 0.25) is 0 Å². The molecule has 0 saturated heterocycles. The first kappa shape index (κ1) is 12.4. The van der Waals surface area contributed by atoms with E-state index in [1.165, 1.54) is 7.11 Å². The SMILES string of the molecule is COCC(C)(NC(C)C)C(=O)OC. The number of rotatable bonds is 5. The lowest BCUT2D eigenvalue weighted by Gasteiger charge is -2.29. The number of hydrogen-bond donors (Lipinski definition) is 1. The quantitative estimate of drug-likeness (QED) is 0.642. The zero-order chi connectivity index (χ0) is 10.5.